The van der Waals surface area contributed by atoms with Crippen LogP contribution in [0.3, 0.4) is 0 Å². The third kappa shape index (κ3) is 6.51. The summed E-state index contributed by atoms with van der Waals surface area (Å²) in [4.78, 5) is 2.24. The largest absolute Gasteiger partial charge is 0.349 e. The van der Waals surface area contributed by atoms with Gasteiger partial charge < -0.3 is 10.2 Å². The zero-order chi connectivity index (χ0) is 21.3. The molecule has 154 valence electrons. The van der Waals surface area contributed by atoms with Crippen LogP contribution in [0.2, 0.25) is 0 Å². The van der Waals surface area contributed by atoms with Gasteiger partial charge in [-0.3, -0.25) is 0 Å². The molecule has 2 heteroatoms. The van der Waals surface area contributed by atoms with E-state index in [9.17, 15) is 0 Å². The molecule has 0 atom stereocenters. The number of benzene rings is 2. The van der Waals surface area contributed by atoms with Gasteiger partial charge in [0.15, 0.2) is 0 Å². The second-order valence-corrected chi connectivity index (χ2v) is 7.52. The summed E-state index contributed by atoms with van der Waals surface area (Å²) in [7, 11) is 2.12. The number of anilines is 1. The Kier molecular flexibility index (Phi) is 8.55. The van der Waals surface area contributed by atoms with Crippen molar-refractivity contribution in [2.24, 2.45) is 5.41 Å². The molecule has 0 aliphatic heterocycles. The van der Waals surface area contributed by atoms with Crippen LogP contribution in [0, 0.1) is 17.3 Å². The predicted octanol–water partition coefficient (Wildman–Crippen LogP) is 6.55. The Labute approximate surface area is 177 Å². The van der Waals surface area contributed by atoms with Crippen LogP contribution in [0.1, 0.15) is 47.0 Å². The zero-order valence-electron chi connectivity index (χ0n) is 18.8. The Morgan fingerprint density at radius 1 is 1.10 bits per heavy atom. The number of hydrogen-bond donors (Lipinski definition) is 1. The van der Waals surface area contributed by atoms with Gasteiger partial charge >= 0.3 is 0 Å². The lowest BCUT2D eigenvalue weighted by Crippen LogP contribution is -2.18. The molecule has 0 unspecified atom stereocenters. The summed E-state index contributed by atoms with van der Waals surface area (Å²) in [6.45, 7) is 14.7. The van der Waals surface area contributed by atoms with Gasteiger partial charge in [0.2, 0.25) is 0 Å². The van der Waals surface area contributed by atoms with Crippen molar-refractivity contribution < 1.29 is 0 Å². The van der Waals surface area contributed by atoms with Gasteiger partial charge in [-0.2, -0.15) is 0 Å². The molecule has 2 aromatic carbocycles. The summed E-state index contributed by atoms with van der Waals surface area (Å²) in [5.41, 5.74) is 3.51. The van der Waals surface area contributed by atoms with Crippen molar-refractivity contribution in [3.05, 3.63) is 66.4 Å². The molecule has 1 N–H and O–H groups in total. The van der Waals surface area contributed by atoms with Crippen molar-refractivity contribution in [2.45, 2.75) is 47.0 Å². The van der Waals surface area contributed by atoms with Crippen LogP contribution in [0.15, 0.2) is 66.4 Å². The maximum Gasteiger partial charge on any atom is 0.116 e. The molecule has 0 fully saturated rings. The molecule has 0 saturated heterocycles. The number of nitrogens with one attached hydrogen (secondary N) is 1. The van der Waals surface area contributed by atoms with E-state index in [1.807, 2.05) is 13.8 Å². The van der Waals surface area contributed by atoms with Gasteiger partial charge in [0.05, 0.1) is 0 Å². The highest BCUT2D eigenvalue weighted by molar-refractivity contribution is 5.86. The van der Waals surface area contributed by atoms with Crippen LogP contribution >= 0.6 is 0 Å². The van der Waals surface area contributed by atoms with E-state index in [4.69, 9.17) is 0 Å². The fourth-order valence-corrected chi connectivity index (χ4v) is 3.38. The summed E-state index contributed by atoms with van der Waals surface area (Å²) in [6, 6.07) is 15.1. The molecule has 29 heavy (non-hydrogen) atoms. The summed E-state index contributed by atoms with van der Waals surface area (Å²) >= 11 is 0. The van der Waals surface area contributed by atoms with Crippen LogP contribution < -0.4 is 10.2 Å². The Balaban J connectivity index is 0.00000145. The van der Waals surface area contributed by atoms with Crippen molar-refractivity contribution in [3.8, 4) is 11.8 Å². The van der Waals surface area contributed by atoms with Gasteiger partial charge in [0, 0.05) is 18.4 Å². The van der Waals surface area contributed by atoms with E-state index in [1.165, 1.54) is 34.2 Å². The third-order valence-corrected chi connectivity index (χ3v) is 5.16. The fraction of sp³-hybridized carbons (Fsp3) is 0.407. The van der Waals surface area contributed by atoms with E-state index in [-0.39, 0.29) is 5.41 Å². The van der Waals surface area contributed by atoms with E-state index in [1.54, 1.807) is 0 Å². The second-order valence-electron chi connectivity index (χ2n) is 7.52. The highest BCUT2D eigenvalue weighted by atomic mass is 15.1. The Morgan fingerprint density at radius 3 is 2.45 bits per heavy atom. The van der Waals surface area contributed by atoms with Gasteiger partial charge in [-0.15, -0.1) is 0 Å². The summed E-state index contributed by atoms with van der Waals surface area (Å²) in [5, 5.41) is 5.98. The van der Waals surface area contributed by atoms with Crippen molar-refractivity contribution in [2.75, 3.05) is 25.0 Å². The summed E-state index contributed by atoms with van der Waals surface area (Å²) in [5.74, 6) is 6.63. The average Bonchev–Trinajstić information content (AvgIpc) is 3.50. The molecule has 0 aromatic heterocycles. The lowest BCUT2D eigenvalue weighted by Gasteiger charge is -2.23. The van der Waals surface area contributed by atoms with E-state index in [2.05, 4.69) is 98.1 Å². The minimum Gasteiger partial charge on any atom is -0.349 e. The molecular weight excluding hydrogens is 352 g/mol. The Morgan fingerprint density at radius 2 is 1.79 bits per heavy atom. The van der Waals surface area contributed by atoms with Crippen LogP contribution in [-0.4, -0.2) is 20.1 Å². The van der Waals surface area contributed by atoms with Crippen molar-refractivity contribution >= 4 is 16.5 Å². The number of nitrogens with zero attached hydrogens (tertiary/aromatic N) is 1. The molecule has 0 radical (unpaired) electrons. The average molecular weight is 389 g/mol. The highest BCUT2D eigenvalue weighted by Crippen LogP contribution is 2.37. The van der Waals surface area contributed by atoms with Crippen LogP contribution in [-0.2, 0) is 0 Å². The summed E-state index contributed by atoms with van der Waals surface area (Å²) in [6.07, 6.45) is 5.36. The maximum atomic E-state index is 4.26. The first kappa shape index (κ1) is 22.8. The Hall–Kier alpha value is -2.50. The number of rotatable bonds is 10. The maximum absolute atomic E-state index is 4.26. The first-order chi connectivity index (χ1) is 14.0. The first-order valence-electron chi connectivity index (χ1n) is 10.9. The normalized spacial score (nSPS) is 13.8. The van der Waals surface area contributed by atoms with Crippen molar-refractivity contribution in [3.63, 3.8) is 0 Å². The quantitative estimate of drug-likeness (QED) is 0.282. The molecule has 1 aliphatic rings. The van der Waals surface area contributed by atoms with E-state index in [0.29, 0.717) is 0 Å². The number of allylic oxidation sites excluding steroid dienone is 2. The van der Waals surface area contributed by atoms with Crippen LogP contribution in [0.4, 0.5) is 5.69 Å². The zero-order valence-corrected chi connectivity index (χ0v) is 18.8. The van der Waals surface area contributed by atoms with Gasteiger partial charge in [0.25, 0.3) is 0 Å². The molecule has 0 bridgehead atoms. The molecule has 1 aliphatic carbocycles. The number of hydrogen-bond acceptors (Lipinski definition) is 2. The van der Waals surface area contributed by atoms with E-state index in [0.717, 1.165) is 25.9 Å². The fourth-order valence-electron chi connectivity index (χ4n) is 3.38. The van der Waals surface area contributed by atoms with E-state index < -0.39 is 0 Å². The molecule has 0 amide bonds. The molecule has 2 aromatic rings. The van der Waals surface area contributed by atoms with Gasteiger partial charge in [0.1, 0.15) is 5.41 Å². The molecule has 0 saturated carbocycles. The molecule has 3 rings (SSSR count). The Bertz CT molecular complexity index is 903. The summed E-state index contributed by atoms with van der Waals surface area (Å²) < 4.78 is 0. The first-order valence-corrected chi connectivity index (χ1v) is 10.9. The van der Waals surface area contributed by atoms with Crippen LogP contribution in [0.5, 0.6) is 0 Å². The second kappa shape index (κ2) is 10.9. The molecule has 2 nitrogen and oxygen atoms in total. The molecular formula is C27H36N2. The smallest absolute Gasteiger partial charge is 0.116 e. The standard InChI is InChI=1S/C25H30N2.C2H6/c1-5-15-26-16-12-20(2)18-25(13-14-25)19-21(3)27(4)24-11-10-22-8-6-7-9-23(22)17-24;1-2/h6-11,17,19,26H,2,5,12,15-16,18H2,1,3-4H3;1-2H3/b21-19-;. The lowest BCUT2D eigenvalue weighted by molar-refractivity contribution is 0.635. The van der Waals surface area contributed by atoms with Gasteiger partial charge in [-0.25, -0.2) is 0 Å². The van der Waals surface area contributed by atoms with Crippen molar-refractivity contribution in [1.29, 1.82) is 0 Å². The predicted molar refractivity (Wildman–Crippen MR) is 129 cm³/mol. The lowest BCUT2D eigenvalue weighted by atomic mass is 9.91. The van der Waals surface area contributed by atoms with Crippen LogP contribution in [0.25, 0.3) is 10.8 Å². The van der Waals surface area contributed by atoms with Gasteiger partial charge in [-0.1, -0.05) is 75.1 Å². The molecule has 0 heterocycles. The highest BCUT2D eigenvalue weighted by Gasteiger charge is 2.32. The SMILES string of the molecule is C=C(CCNCCC)CC1(/C=C(/C)N(C)c2ccc3ccccc3c2)C#C1.CC. The van der Waals surface area contributed by atoms with E-state index >= 15 is 0 Å². The minimum absolute atomic E-state index is 0.156. The number of fused-ring (bicyclic) bond motifs is 1. The topological polar surface area (TPSA) is 15.3 Å². The monoisotopic (exact) mass is 388 g/mol. The molecule has 0 spiro atoms. The minimum atomic E-state index is -0.156. The van der Waals surface area contributed by atoms with Crippen molar-refractivity contribution in [1.82, 2.24) is 5.32 Å². The third-order valence-electron chi connectivity index (χ3n) is 5.16. The van der Waals surface area contributed by atoms with Gasteiger partial charge in [-0.05, 0) is 68.3 Å².